The van der Waals surface area contributed by atoms with Gasteiger partial charge in [0.15, 0.2) is 0 Å². The van der Waals surface area contributed by atoms with Crippen LogP contribution in [-0.2, 0) is 6.42 Å². The molecule has 1 N–H and O–H groups in total. The van der Waals surface area contributed by atoms with E-state index in [0.29, 0.717) is 37.6 Å². The van der Waals surface area contributed by atoms with Gasteiger partial charge in [-0.05, 0) is 42.3 Å². The van der Waals surface area contributed by atoms with Crippen molar-refractivity contribution in [2.24, 2.45) is 0 Å². The van der Waals surface area contributed by atoms with Crippen LogP contribution in [0.2, 0.25) is 0 Å². The fourth-order valence-corrected chi connectivity index (χ4v) is 3.96. The predicted octanol–water partition coefficient (Wildman–Crippen LogP) is 3.69. The number of anilines is 3. The second-order valence-corrected chi connectivity index (χ2v) is 7.97. The smallest absolute Gasteiger partial charge is 0.254 e. The Morgan fingerprint density at radius 1 is 0.939 bits per heavy atom. The molecule has 2 aromatic carbocycles. The molecule has 0 unspecified atom stereocenters. The van der Waals surface area contributed by atoms with Crippen molar-refractivity contribution in [2.45, 2.75) is 13.3 Å². The Hall–Kier alpha value is -4.07. The summed E-state index contributed by atoms with van der Waals surface area (Å²) in [6.45, 7) is 4.77. The number of fused-ring (bicyclic) bond motifs is 1. The molecule has 0 radical (unpaired) electrons. The molecule has 1 amide bonds. The topological polar surface area (TPSA) is 87.1 Å². The number of aromatic nitrogens is 4. The minimum absolute atomic E-state index is 0.0214. The number of nitrogens with zero attached hydrogens (tertiary/aromatic N) is 6. The molecule has 8 heteroatoms. The first-order valence-corrected chi connectivity index (χ1v) is 11.1. The average molecular weight is 440 g/mol. The van der Waals surface area contributed by atoms with E-state index < -0.39 is 0 Å². The zero-order valence-corrected chi connectivity index (χ0v) is 18.5. The Bertz CT molecular complexity index is 1260. The van der Waals surface area contributed by atoms with Crippen molar-refractivity contribution in [3.05, 3.63) is 78.4 Å². The third-order valence-electron chi connectivity index (χ3n) is 5.86. The lowest BCUT2D eigenvalue weighted by molar-refractivity contribution is 0.0746. The third-order valence-corrected chi connectivity index (χ3v) is 5.86. The maximum absolute atomic E-state index is 13.2. The van der Waals surface area contributed by atoms with Gasteiger partial charge >= 0.3 is 0 Å². The van der Waals surface area contributed by atoms with E-state index in [9.17, 15) is 4.79 Å². The number of nitrogens with one attached hydrogen (secondary N) is 1. The maximum atomic E-state index is 13.2. The molecule has 3 heterocycles. The molecule has 33 heavy (non-hydrogen) atoms. The molecule has 0 saturated carbocycles. The number of rotatable bonds is 5. The zero-order chi connectivity index (χ0) is 22.6. The van der Waals surface area contributed by atoms with Crippen LogP contribution in [0.25, 0.3) is 10.9 Å². The van der Waals surface area contributed by atoms with E-state index in [4.69, 9.17) is 0 Å². The van der Waals surface area contributed by atoms with Crippen molar-refractivity contribution in [2.75, 3.05) is 36.4 Å². The van der Waals surface area contributed by atoms with Crippen molar-refractivity contribution in [1.29, 1.82) is 0 Å². The molecule has 1 fully saturated rings. The molecule has 1 saturated heterocycles. The number of carbonyl (C=O) groups is 1. The second kappa shape index (κ2) is 9.20. The summed E-state index contributed by atoms with van der Waals surface area (Å²) in [6, 6.07) is 15.4. The van der Waals surface area contributed by atoms with E-state index in [-0.39, 0.29) is 5.91 Å². The number of amides is 1. The molecule has 1 aliphatic rings. The normalized spacial score (nSPS) is 13.8. The first-order chi connectivity index (χ1) is 16.2. The number of carbonyl (C=O) groups excluding carboxylic acids is 1. The molecule has 0 atom stereocenters. The molecular formula is C25H25N7O. The minimum atomic E-state index is 0.0214. The number of para-hydroxylation sites is 1. The molecule has 8 nitrogen and oxygen atoms in total. The lowest BCUT2D eigenvalue weighted by atomic mass is 10.1. The summed E-state index contributed by atoms with van der Waals surface area (Å²) in [7, 11) is 0. The highest BCUT2D eigenvalue weighted by atomic mass is 16.2. The summed E-state index contributed by atoms with van der Waals surface area (Å²) in [5, 5.41) is 4.27. The number of hydrogen-bond acceptors (Lipinski definition) is 7. The molecule has 1 aliphatic heterocycles. The minimum Gasteiger partial charge on any atom is -0.340 e. The van der Waals surface area contributed by atoms with Gasteiger partial charge in [0.05, 0.1) is 5.52 Å². The van der Waals surface area contributed by atoms with Crippen molar-refractivity contribution in [3.63, 3.8) is 0 Å². The van der Waals surface area contributed by atoms with Gasteiger partial charge in [0.2, 0.25) is 5.95 Å². The van der Waals surface area contributed by atoms with Crippen molar-refractivity contribution in [1.82, 2.24) is 24.8 Å². The van der Waals surface area contributed by atoms with Crippen LogP contribution < -0.4 is 10.2 Å². The first-order valence-electron chi connectivity index (χ1n) is 11.1. The molecular weight excluding hydrogens is 414 g/mol. The molecule has 0 bridgehead atoms. The lowest BCUT2D eigenvalue weighted by Gasteiger charge is -2.34. The summed E-state index contributed by atoms with van der Waals surface area (Å²) >= 11 is 0. The Balaban J connectivity index is 1.26. The monoisotopic (exact) mass is 439 g/mol. The molecule has 166 valence electrons. The van der Waals surface area contributed by atoms with Crippen LogP contribution in [-0.4, -0.2) is 56.9 Å². The summed E-state index contributed by atoms with van der Waals surface area (Å²) < 4.78 is 0. The van der Waals surface area contributed by atoms with Crippen LogP contribution in [0.5, 0.6) is 0 Å². The summed E-state index contributed by atoms with van der Waals surface area (Å²) in [6.07, 6.45) is 6.21. The molecule has 0 aliphatic carbocycles. The van der Waals surface area contributed by atoms with Gasteiger partial charge in [0.25, 0.3) is 5.91 Å². The summed E-state index contributed by atoms with van der Waals surface area (Å²) in [5.41, 5.74) is 3.45. The average Bonchev–Trinajstić information content (AvgIpc) is 2.89. The Labute approximate surface area is 192 Å². The molecule has 2 aromatic heterocycles. The van der Waals surface area contributed by atoms with Crippen molar-refractivity contribution >= 4 is 34.3 Å². The highest BCUT2D eigenvalue weighted by Gasteiger charge is 2.23. The largest absolute Gasteiger partial charge is 0.340 e. The van der Waals surface area contributed by atoms with E-state index in [1.807, 2.05) is 65.8 Å². The second-order valence-electron chi connectivity index (χ2n) is 7.97. The van der Waals surface area contributed by atoms with Crippen molar-refractivity contribution < 1.29 is 4.79 Å². The fourth-order valence-electron chi connectivity index (χ4n) is 3.96. The van der Waals surface area contributed by atoms with E-state index in [0.717, 1.165) is 34.5 Å². The van der Waals surface area contributed by atoms with Crippen LogP contribution >= 0.6 is 0 Å². The Morgan fingerprint density at radius 2 is 1.73 bits per heavy atom. The van der Waals surface area contributed by atoms with Gasteiger partial charge in [0, 0.05) is 55.2 Å². The van der Waals surface area contributed by atoms with E-state index in [1.54, 1.807) is 6.33 Å². The quantitative estimate of drug-likeness (QED) is 0.507. The van der Waals surface area contributed by atoms with Gasteiger partial charge in [-0.15, -0.1) is 0 Å². The standard InChI is InChI=1S/C25H25N7O/c1-2-18-15-26-25(27-16-18)32-12-10-31(11-13-32)24(33)19-6-5-7-20(14-19)30-23-21-8-3-4-9-22(21)28-17-29-23/h3-9,14-17H,2,10-13H2,1H3,(H,28,29,30). The van der Waals surface area contributed by atoms with Crippen LogP contribution in [0.3, 0.4) is 0 Å². The van der Waals surface area contributed by atoms with E-state index in [1.165, 1.54) is 0 Å². The number of aryl methyl sites for hydroxylation is 1. The maximum Gasteiger partial charge on any atom is 0.254 e. The molecule has 4 aromatic rings. The van der Waals surface area contributed by atoms with Gasteiger partial charge in [-0.1, -0.05) is 25.1 Å². The number of hydrogen-bond donors (Lipinski definition) is 1. The van der Waals surface area contributed by atoms with Crippen LogP contribution in [0.1, 0.15) is 22.8 Å². The van der Waals surface area contributed by atoms with Gasteiger partial charge in [-0.2, -0.15) is 0 Å². The lowest BCUT2D eigenvalue weighted by Crippen LogP contribution is -2.49. The predicted molar refractivity (Wildman–Crippen MR) is 129 cm³/mol. The first kappa shape index (κ1) is 20.8. The number of piperazine rings is 1. The zero-order valence-electron chi connectivity index (χ0n) is 18.5. The van der Waals surface area contributed by atoms with Gasteiger partial charge in [-0.25, -0.2) is 19.9 Å². The highest BCUT2D eigenvalue weighted by Crippen LogP contribution is 2.24. The molecule has 5 rings (SSSR count). The fraction of sp³-hybridized carbons (Fsp3) is 0.240. The SMILES string of the molecule is CCc1cnc(N2CCN(C(=O)c3cccc(Nc4ncnc5ccccc45)c3)CC2)nc1. The summed E-state index contributed by atoms with van der Waals surface area (Å²) in [4.78, 5) is 34.8. The van der Waals surface area contributed by atoms with Crippen molar-refractivity contribution in [3.8, 4) is 0 Å². The van der Waals surface area contributed by atoms with Crippen LogP contribution in [0.15, 0.2) is 67.3 Å². The third kappa shape index (κ3) is 4.45. The van der Waals surface area contributed by atoms with E-state index >= 15 is 0 Å². The number of benzene rings is 2. The Kier molecular flexibility index (Phi) is 5.80. The van der Waals surface area contributed by atoms with Crippen LogP contribution in [0.4, 0.5) is 17.5 Å². The van der Waals surface area contributed by atoms with E-state index in [2.05, 4.69) is 37.1 Å². The van der Waals surface area contributed by atoms with Gasteiger partial charge in [-0.3, -0.25) is 4.79 Å². The highest BCUT2D eigenvalue weighted by molar-refractivity contribution is 5.96. The van der Waals surface area contributed by atoms with Gasteiger partial charge in [0.1, 0.15) is 12.1 Å². The van der Waals surface area contributed by atoms with Crippen LogP contribution in [0, 0.1) is 0 Å². The summed E-state index contributed by atoms with van der Waals surface area (Å²) in [5.74, 6) is 1.46. The van der Waals surface area contributed by atoms with Gasteiger partial charge < -0.3 is 15.1 Å². The Morgan fingerprint density at radius 3 is 2.52 bits per heavy atom. The molecule has 0 spiro atoms.